The van der Waals surface area contributed by atoms with E-state index in [0.29, 0.717) is 28.6 Å². The van der Waals surface area contributed by atoms with Crippen molar-refractivity contribution in [3.8, 4) is 5.75 Å². The van der Waals surface area contributed by atoms with E-state index in [9.17, 15) is 9.59 Å². The fourth-order valence-electron chi connectivity index (χ4n) is 2.49. The first-order valence-electron chi connectivity index (χ1n) is 6.91. The van der Waals surface area contributed by atoms with E-state index in [-0.39, 0.29) is 17.6 Å². The highest BCUT2D eigenvalue weighted by Gasteiger charge is 2.29. The molecule has 22 heavy (non-hydrogen) atoms. The molecule has 0 radical (unpaired) electrons. The molecule has 0 N–H and O–H groups in total. The Hall–Kier alpha value is -2.27. The van der Waals surface area contributed by atoms with E-state index in [1.165, 1.54) is 22.9 Å². The van der Waals surface area contributed by atoms with Gasteiger partial charge in [-0.15, -0.1) is 0 Å². The molecule has 0 fully saturated rings. The van der Waals surface area contributed by atoms with Gasteiger partial charge in [-0.3, -0.25) is 9.59 Å². The summed E-state index contributed by atoms with van der Waals surface area (Å²) in [6.45, 7) is 2.31. The maximum Gasteiger partial charge on any atom is 0.260 e. The Kier molecular flexibility index (Phi) is 3.66. The largest absolute Gasteiger partial charge is 0.485 e. The zero-order valence-corrected chi connectivity index (χ0v) is 13.0. The number of benzene rings is 1. The van der Waals surface area contributed by atoms with E-state index in [1.54, 1.807) is 30.1 Å². The fraction of sp³-hybridized carbons (Fsp3) is 0.250. The second-order valence-corrected chi connectivity index (χ2v) is 5.71. The highest BCUT2D eigenvalue weighted by atomic mass is 35.5. The highest BCUT2D eigenvalue weighted by Crippen LogP contribution is 2.39. The lowest BCUT2D eigenvalue weighted by atomic mass is 10.1. The topological polar surface area (TPSA) is 51.5 Å². The Balaban J connectivity index is 2.05. The maximum absolute atomic E-state index is 12.8. The van der Waals surface area contributed by atoms with Crippen LogP contribution in [0.4, 0.5) is 5.69 Å². The first kappa shape index (κ1) is 14.7. The number of ether oxygens (including phenoxy) is 1. The van der Waals surface area contributed by atoms with E-state index in [1.807, 2.05) is 6.92 Å². The summed E-state index contributed by atoms with van der Waals surface area (Å²) in [5, 5.41) is 0.474. The summed E-state index contributed by atoms with van der Waals surface area (Å²) in [7, 11) is 1.62. The molecular weight excluding hydrogens is 304 g/mol. The van der Waals surface area contributed by atoms with E-state index in [2.05, 4.69) is 0 Å². The van der Waals surface area contributed by atoms with Crippen LogP contribution in [0.1, 0.15) is 17.3 Å². The normalized spacial score (nSPS) is 16.9. The molecule has 1 aliphatic heterocycles. The molecule has 2 aromatic rings. The second-order valence-electron chi connectivity index (χ2n) is 5.30. The van der Waals surface area contributed by atoms with Crippen molar-refractivity contribution in [2.45, 2.75) is 13.0 Å². The first-order chi connectivity index (χ1) is 10.5. The third-order valence-electron chi connectivity index (χ3n) is 3.57. The molecule has 1 aromatic carbocycles. The van der Waals surface area contributed by atoms with Crippen LogP contribution in [0, 0.1) is 0 Å². The number of hydrogen-bond donors (Lipinski definition) is 0. The van der Waals surface area contributed by atoms with Crippen molar-refractivity contribution in [3.05, 3.63) is 57.5 Å². The van der Waals surface area contributed by atoms with E-state index in [4.69, 9.17) is 16.3 Å². The number of aromatic nitrogens is 1. The summed E-state index contributed by atoms with van der Waals surface area (Å²) in [4.78, 5) is 25.9. The number of rotatable bonds is 1. The van der Waals surface area contributed by atoms with Crippen molar-refractivity contribution >= 4 is 23.2 Å². The summed E-state index contributed by atoms with van der Waals surface area (Å²) in [5.74, 6) is 0.329. The van der Waals surface area contributed by atoms with Gasteiger partial charge in [-0.25, -0.2) is 0 Å². The minimum atomic E-state index is -0.186. The molecule has 1 amide bonds. The van der Waals surface area contributed by atoms with Gasteiger partial charge in [-0.1, -0.05) is 17.7 Å². The predicted octanol–water partition coefficient (Wildman–Crippen LogP) is 2.47. The van der Waals surface area contributed by atoms with Gasteiger partial charge in [0.15, 0.2) is 5.75 Å². The summed E-state index contributed by atoms with van der Waals surface area (Å²) in [6.07, 6.45) is 1.37. The number of carbonyl (C=O) groups excluding carboxylic acids is 1. The summed E-state index contributed by atoms with van der Waals surface area (Å²) in [5.41, 5.74) is 0.932. The molecule has 5 nitrogen and oxygen atoms in total. The summed E-state index contributed by atoms with van der Waals surface area (Å²) >= 11 is 6.16. The maximum atomic E-state index is 12.8. The molecule has 114 valence electrons. The molecular formula is C16H15ClN2O3. The van der Waals surface area contributed by atoms with Gasteiger partial charge < -0.3 is 14.2 Å². The van der Waals surface area contributed by atoms with Gasteiger partial charge in [-0.05, 0) is 25.1 Å². The third-order valence-corrected chi connectivity index (χ3v) is 3.87. The van der Waals surface area contributed by atoms with Crippen molar-refractivity contribution < 1.29 is 9.53 Å². The lowest BCUT2D eigenvalue weighted by molar-refractivity contribution is 0.0960. The van der Waals surface area contributed by atoms with Crippen LogP contribution in [0.25, 0.3) is 0 Å². The van der Waals surface area contributed by atoms with Crippen molar-refractivity contribution in [2.24, 2.45) is 7.05 Å². The zero-order valence-electron chi connectivity index (χ0n) is 12.2. The number of anilines is 1. The minimum absolute atomic E-state index is 0.157. The molecule has 1 unspecified atom stereocenters. The van der Waals surface area contributed by atoms with Gasteiger partial charge in [0.05, 0.1) is 22.8 Å². The molecule has 0 saturated heterocycles. The molecule has 1 aliphatic rings. The van der Waals surface area contributed by atoms with Crippen molar-refractivity contribution in [1.82, 2.24) is 4.57 Å². The molecule has 0 spiro atoms. The average Bonchev–Trinajstić information content (AvgIpc) is 2.49. The van der Waals surface area contributed by atoms with E-state index >= 15 is 0 Å². The molecule has 0 bridgehead atoms. The van der Waals surface area contributed by atoms with Crippen LogP contribution in [-0.2, 0) is 7.05 Å². The zero-order chi connectivity index (χ0) is 15.9. The predicted molar refractivity (Wildman–Crippen MR) is 84.9 cm³/mol. The summed E-state index contributed by atoms with van der Waals surface area (Å²) in [6, 6.07) is 8.23. The number of carbonyl (C=O) groups is 1. The Labute approximate surface area is 132 Å². The van der Waals surface area contributed by atoms with Crippen LogP contribution < -0.4 is 15.2 Å². The van der Waals surface area contributed by atoms with Gasteiger partial charge in [0.25, 0.3) is 5.91 Å². The Morgan fingerprint density at radius 2 is 2.09 bits per heavy atom. The smallest absolute Gasteiger partial charge is 0.260 e. The number of halogens is 1. The van der Waals surface area contributed by atoms with E-state index < -0.39 is 0 Å². The van der Waals surface area contributed by atoms with Gasteiger partial charge in [0.1, 0.15) is 6.10 Å². The van der Waals surface area contributed by atoms with Crippen LogP contribution in [0.5, 0.6) is 5.75 Å². The number of hydrogen-bond acceptors (Lipinski definition) is 3. The number of para-hydroxylation sites is 1. The monoisotopic (exact) mass is 318 g/mol. The van der Waals surface area contributed by atoms with Crippen LogP contribution in [0.2, 0.25) is 5.02 Å². The molecule has 1 aromatic heterocycles. The molecule has 1 atom stereocenters. The lowest BCUT2D eigenvalue weighted by Crippen LogP contribution is -2.42. The Bertz CT molecular complexity index is 800. The van der Waals surface area contributed by atoms with Gasteiger partial charge >= 0.3 is 0 Å². The second kappa shape index (κ2) is 5.50. The summed E-state index contributed by atoms with van der Waals surface area (Å²) < 4.78 is 7.13. The molecule has 0 saturated carbocycles. The molecule has 3 rings (SSSR count). The minimum Gasteiger partial charge on any atom is -0.485 e. The van der Waals surface area contributed by atoms with Crippen LogP contribution >= 0.6 is 11.6 Å². The van der Waals surface area contributed by atoms with Gasteiger partial charge in [0, 0.05) is 19.3 Å². The van der Waals surface area contributed by atoms with Crippen molar-refractivity contribution in [2.75, 3.05) is 11.4 Å². The number of fused-ring (bicyclic) bond motifs is 1. The molecule has 0 aliphatic carbocycles. The molecule has 6 heteroatoms. The van der Waals surface area contributed by atoms with Crippen LogP contribution in [0.15, 0.2) is 41.3 Å². The average molecular weight is 319 g/mol. The number of pyridine rings is 1. The number of nitrogens with zero attached hydrogens (tertiary/aromatic N) is 2. The lowest BCUT2D eigenvalue weighted by Gasteiger charge is -2.34. The van der Waals surface area contributed by atoms with Crippen LogP contribution in [0.3, 0.4) is 0 Å². The first-order valence-corrected chi connectivity index (χ1v) is 7.29. The van der Waals surface area contributed by atoms with Gasteiger partial charge in [-0.2, -0.15) is 0 Å². The highest BCUT2D eigenvalue weighted by molar-refractivity contribution is 6.32. The van der Waals surface area contributed by atoms with Gasteiger partial charge in [0.2, 0.25) is 5.56 Å². The van der Waals surface area contributed by atoms with Crippen LogP contribution in [-0.4, -0.2) is 23.1 Å². The fourth-order valence-corrected chi connectivity index (χ4v) is 2.70. The Morgan fingerprint density at radius 1 is 1.32 bits per heavy atom. The van der Waals surface area contributed by atoms with Crippen molar-refractivity contribution in [1.29, 1.82) is 0 Å². The Morgan fingerprint density at radius 3 is 2.82 bits per heavy atom. The van der Waals surface area contributed by atoms with Crippen molar-refractivity contribution in [3.63, 3.8) is 0 Å². The van der Waals surface area contributed by atoms with E-state index in [0.717, 1.165) is 0 Å². The number of amides is 1. The quantitative estimate of drug-likeness (QED) is 0.811. The number of aryl methyl sites for hydroxylation is 1. The molecule has 2 heterocycles. The SMILES string of the molecule is CC1CN(C(=O)c2ccc(=O)n(C)c2)c2cccc(Cl)c2O1. The standard InChI is InChI=1S/C16H15ClN2O3/c1-10-8-19(13-5-3-4-12(17)15(13)22-10)16(21)11-6-7-14(20)18(2)9-11/h3-7,9-10H,8H2,1-2H3. The third kappa shape index (κ3) is 2.48.